The summed E-state index contributed by atoms with van der Waals surface area (Å²) in [5.41, 5.74) is 1.29. The van der Waals surface area contributed by atoms with Gasteiger partial charge in [-0.1, -0.05) is 38.1 Å². The average molecular weight is 196 g/mol. The summed E-state index contributed by atoms with van der Waals surface area (Å²) in [4.78, 5) is 0. The van der Waals surface area contributed by atoms with Crippen molar-refractivity contribution in [1.82, 2.24) is 0 Å². The molecule has 0 aromatic heterocycles. The Morgan fingerprint density at radius 3 is 2.69 bits per heavy atom. The lowest BCUT2D eigenvalue weighted by Gasteiger charge is -2.18. The van der Waals surface area contributed by atoms with Crippen LogP contribution >= 0.6 is 11.6 Å². The zero-order chi connectivity index (χ0) is 9.68. The third-order valence-electron chi connectivity index (χ3n) is 2.64. The van der Waals surface area contributed by atoms with Gasteiger partial charge in [0.2, 0.25) is 0 Å². The van der Waals surface area contributed by atoms with E-state index in [1.165, 1.54) is 5.56 Å². The molecule has 13 heavy (non-hydrogen) atoms. The van der Waals surface area contributed by atoms with Crippen LogP contribution in [0.15, 0.2) is 24.3 Å². The lowest BCUT2D eigenvalue weighted by atomic mass is 9.87. The zero-order valence-corrected chi connectivity index (χ0v) is 9.01. The first kappa shape index (κ1) is 10.6. The van der Waals surface area contributed by atoms with E-state index in [4.69, 9.17) is 11.6 Å². The predicted octanol–water partition coefficient (Wildman–Crippen LogP) is 3.86. The average Bonchev–Trinajstić information content (AvgIpc) is 2.18. The van der Waals surface area contributed by atoms with Crippen LogP contribution in [0.3, 0.4) is 0 Å². The molecule has 2 unspecified atom stereocenters. The van der Waals surface area contributed by atoms with Crippen LogP contribution < -0.4 is 0 Å². The summed E-state index contributed by atoms with van der Waals surface area (Å²) in [5.74, 6) is 1.94. The van der Waals surface area contributed by atoms with Crippen LogP contribution in [-0.4, -0.2) is 5.88 Å². The van der Waals surface area contributed by atoms with Gasteiger partial charge in [0.1, 0.15) is 0 Å². The minimum Gasteiger partial charge on any atom is -0.127 e. The maximum atomic E-state index is 5.72. The molecule has 2 atom stereocenters. The molecule has 71 valence electrons. The van der Waals surface area contributed by atoms with Crippen molar-refractivity contribution in [2.75, 3.05) is 5.88 Å². The van der Waals surface area contributed by atoms with Crippen molar-refractivity contribution < 1.29 is 0 Å². The predicted molar refractivity (Wildman–Crippen MR) is 58.2 cm³/mol. The minimum atomic E-state index is 0.556. The standard InChI is InChI=1S/C12H16Cl/c1-10(8-9-13)11(2)12-6-4-3-5-7-12/h3-6,10-11H,8-9H2,1-2H3. The highest BCUT2D eigenvalue weighted by Crippen LogP contribution is 2.25. The van der Waals surface area contributed by atoms with Gasteiger partial charge < -0.3 is 0 Å². The van der Waals surface area contributed by atoms with Crippen LogP contribution in [0.1, 0.15) is 31.7 Å². The van der Waals surface area contributed by atoms with Crippen molar-refractivity contribution in [2.45, 2.75) is 26.2 Å². The molecule has 0 fully saturated rings. The molecule has 0 N–H and O–H groups in total. The van der Waals surface area contributed by atoms with Crippen LogP contribution in [0.25, 0.3) is 0 Å². The molecule has 1 aromatic carbocycles. The molecule has 0 saturated carbocycles. The number of benzene rings is 1. The maximum Gasteiger partial charge on any atom is 0.0226 e. The monoisotopic (exact) mass is 195 g/mol. The van der Waals surface area contributed by atoms with E-state index in [2.05, 4.69) is 32.0 Å². The first-order valence-electron chi connectivity index (χ1n) is 4.78. The van der Waals surface area contributed by atoms with Crippen molar-refractivity contribution >= 4 is 11.6 Å². The molecule has 1 heteroatoms. The highest BCUT2D eigenvalue weighted by Gasteiger charge is 2.12. The highest BCUT2D eigenvalue weighted by atomic mass is 35.5. The second-order valence-corrected chi connectivity index (χ2v) is 3.94. The summed E-state index contributed by atoms with van der Waals surface area (Å²) in [6.45, 7) is 4.48. The fourth-order valence-electron chi connectivity index (χ4n) is 1.42. The van der Waals surface area contributed by atoms with E-state index in [1.54, 1.807) is 0 Å². The molecule has 0 aliphatic rings. The van der Waals surface area contributed by atoms with Gasteiger partial charge in [-0.3, -0.25) is 0 Å². The van der Waals surface area contributed by atoms with Crippen molar-refractivity contribution in [2.24, 2.45) is 5.92 Å². The Bertz CT molecular complexity index is 230. The largest absolute Gasteiger partial charge is 0.127 e. The van der Waals surface area contributed by atoms with Gasteiger partial charge in [0.15, 0.2) is 0 Å². The van der Waals surface area contributed by atoms with Gasteiger partial charge in [-0.15, -0.1) is 11.6 Å². The van der Waals surface area contributed by atoms with Gasteiger partial charge in [0.25, 0.3) is 0 Å². The summed E-state index contributed by atoms with van der Waals surface area (Å²) in [6.07, 6.45) is 1.07. The van der Waals surface area contributed by atoms with Crippen molar-refractivity contribution in [3.63, 3.8) is 0 Å². The lowest BCUT2D eigenvalue weighted by molar-refractivity contribution is 0.475. The van der Waals surface area contributed by atoms with E-state index >= 15 is 0 Å². The molecular weight excluding hydrogens is 180 g/mol. The Kier molecular flexibility index (Phi) is 4.31. The smallest absolute Gasteiger partial charge is 0.0226 e. The third-order valence-corrected chi connectivity index (χ3v) is 2.86. The van der Waals surface area contributed by atoms with Crippen LogP contribution in [0.2, 0.25) is 0 Å². The van der Waals surface area contributed by atoms with Gasteiger partial charge >= 0.3 is 0 Å². The SMILES string of the molecule is CC(CCCl)C(C)c1[c]cccc1. The van der Waals surface area contributed by atoms with Crippen molar-refractivity contribution in [3.05, 3.63) is 35.9 Å². The highest BCUT2D eigenvalue weighted by molar-refractivity contribution is 6.17. The first-order valence-corrected chi connectivity index (χ1v) is 5.31. The molecule has 0 amide bonds. The van der Waals surface area contributed by atoms with Gasteiger partial charge in [0.05, 0.1) is 0 Å². The topological polar surface area (TPSA) is 0 Å². The minimum absolute atomic E-state index is 0.556. The van der Waals surface area contributed by atoms with Gasteiger partial charge in [-0.2, -0.15) is 0 Å². The van der Waals surface area contributed by atoms with E-state index in [0.717, 1.165) is 12.3 Å². The summed E-state index contributed by atoms with van der Waals surface area (Å²) in [6, 6.07) is 11.4. The summed E-state index contributed by atoms with van der Waals surface area (Å²) >= 11 is 5.72. The molecular formula is C12H16Cl. The Balaban J connectivity index is 2.62. The fraction of sp³-hybridized carbons (Fsp3) is 0.500. The van der Waals surface area contributed by atoms with E-state index in [9.17, 15) is 0 Å². The lowest BCUT2D eigenvalue weighted by Crippen LogP contribution is -2.06. The van der Waals surface area contributed by atoms with Crippen LogP contribution in [0.4, 0.5) is 0 Å². The van der Waals surface area contributed by atoms with E-state index in [1.807, 2.05) is 12.1 Å². The van der Waals surface area contributed by atoms with Crippen LogP contribution in [0.5, 0.6) is 0 Å². The molecule has 0 spiro atoms. The Morgan fingerprint density at radius 1 is 1.38 bits per heavy atom. The summed E-state index contributed by atoms with van der Waals surface area (Å²) in [5, 5.41) is 0. The second kappa shape index (κ2) is 5.29. The number of rotatable bonds is 4. The molecule has 0 nitrogen and oxygen atoms in total. The van der Waals surface area contributed by atoms with Gasteiger partial charge in [-0.25, -0.2) is 0 Å². The molecule has 0 bridgehead atoms. The van der Waals surface area contributed by atoms with E-state index in [-0.39, 0.29) is 0 Å². The fourth-order valence-corrected chi connectivity index (χ4v) is 1.76. The molecule has 0 heterocycles. The normalized spacial score (nSPS) is 15.3. The summed E-state index contributed by atoms with van der Waals surface area (Å²) in [7, 11) is 0. The van der Waals surface area contributed by atoms with Crippen molar-refractivity contribution in [3.8, 4) is 0 Å². The molecule has 0 aliphatic carbocycles. The number of halogens is 1. The third kappa shape index (κ3) is 3.04. The van der Waals surface area contributed by atoms with E-state index in [0.29, 0.717) is 11.8 Å². The first-order chi connectivity index (χ1) is 6.25. The van der Waals surface area contributed by atoms with Crippen LogP contribution in [0, 0.1) is 12.0 Å². The van der Waals surface area contributed by atoms with Gasteiger partial charge in [-0.05, 0) is 29.9 Å². The summed E-state index contributed by atoms with van der Waals surface area (Å²) < 4.78 is 0. The Morgan fingerprint density at radius 2 is 2.15 bits per heavy atom. The Hall–Kier alpha value is -0.490. The second-order valence-electron chi connectivity index (χ2n) is 3.56. The van der Waals surface area contributed by atoms with Gasteiger partial charge in [0, 0.05) is 5.88 Å². The molecule has 0 saturated heterocycles. The number of hydrogen-bond acceptors (Lipinski definition) is 0. The number of alkyl halides is 1. The van der Waals surface area contributed by atoms with E-state index < -0.39 is 0 Å². The van der Waals surface area contributed by atoms with Crippen LogP contribution in [-0.2, 0) is 0 Å². The molecule has 1 radical (unpaired) electrons. The number of hydrogen-bond donors (Lipinski definition) is 0. The quantitative estimate of drug-likeness (QED) is 0.641. The molecule has 1 rings (SSSR count). The maximum absolute atomic E-state index is 5.72. The Labute approximate surface area is 85.9 Å². The molecule has 0 aliphatic heterocycles. The zero-order valence-electron chi connectivity index (χ0n) is 8.26. The molecule has 1 aromatic rings. The van der Waals surface area contributed by atoms with Crippen molar-refractivity contribution in [1.29, 1.82) is 0 Å².